The maximum absolute atomic E-state index is 2.36. The lowest BCUT2D eigenvalue weighted by atomic mass is 9.78. The standard InChI is InChI=1S/C53H39NS/c1-53(2)49-14-8-6-12-43(49)35-50(53)41-24-31-46(32-25-41)54(44-27-20-38(21-28-44)36-10-4-3-5-11-36)45-29-22-39(23-30-45)37-16-18-40(19-17-37)42-26-33-52-48(34-42)47-13-7-9-15-51(47)55-52/h3-35H,1-2H3. The van der Waals surface area contributed by atoms with Crippen molar-refractivity contribution < 1.29 is 0 Å². The number of hydrogen-bond donors (Lipinski definition) is 0. The molecule has 0 fully saturated rings. The molecule has 0 saturated carbocycles. The minimum absolute atomic E-state index is 0.0500. The van der Waals surface area contributed by atoms with Gasteiger partial charge < -0.3 is 4.90 Å². The Hall–Kier alpha value is -6.48. The van der Waals surface area contributed by atoms with Crippen molar-refractivity contribution in [3.63, 3.8) is 0 Å². The summed E-state index contributed by atoms with van der Waals surface area (Å²) < 4.78 is 2.67. The van der Waals surface area contributed by atoms with Gasteiger partial charge in [0.15, 0.2) is 0 Å². The molecular weight excluding hydrogens is 683 g/mol. The van der Waals surface area contributed by atoms with Crippen LogP contribution in [0.2, 0.25) is 0 Å². The molecule has 262 valence electrons. The Morgan fingerprint density at radius 3 is 1.45 bits per heavy atom. The van der Waals surface area contributed by atoms with Crippen molar-refractivity contribution >= 4 is 60.2 Å². The van der Waals surface area contributed by atoms with E-state index in [0.29, 0.717) is 0 Å². The van der Waals surface area contributed by atoms with Crippen LogP contribution in [0.15, 0.2) is 194 Å². The Labute approximate surface area is 327 Å². The van der Waals surface area contributed by atoms with E-state index in [2.05, 4.69) is 219 Å². The van der Waals surface area contributed by atoms with Gasteiger partial charge in [-0.25, -0.2) is 0 Å². The summed E-state index contributed by atoms with van der Waals surface area (Å²) in [5.74, 6) is 0. The number of hydrogen-bond acceptors (Lipinski definition) is 2. The van der Waals surface area contributed by atoms with Gasteiger partial charge in [0.25, 0.3) is 0 Å². The van der Waals surface area contributed by atoms with E-state index in [1.54, 1.807) is 0 Å². The number of thiophene rings is 1. The molecule has 1 heterocycles. The van der Waals surface area contributed by atoms with Crippen LogP contribution in [-0.4, -0.2) is 0 Å². The summed E-state index contributed by atoms with van der Waals surface area (Å²) in [5.41, 5.74) is 15.9. The van der Waals surface area contributed by atoms with Crippen molar-refractivity contribution in [2.75, 3.05) is 4.90 Å². The first kappa shape index (κ1) is 33.1. The van der Waals surface area contributed by atoms with Gasteiger partial charge in [0.05, 0.1) is 0 Å². The first-order valence-electron chi connectivity index (χ1n) is 19.0. The Kier molecular flexibility index (Phi) is 8.08. The third-order valence-corrected chi connectivity index (χ3v) is 12.5. The number of benzene rings is 8. The lowest BCUT2D eigenvalue weighted by molar-refractivity contribution is 0.704. The summed E-state index contributed by atoms with van der Waals surface area (Å²) in [6, 6.07) is 70.9. The average molecular weight is 722 g/mol. The molecule has 0 radical (unpaired) electrons. The fourth-order valence-electron chi connectivity index (χ4n) is 8.35. The van der Waals surface area contributed by atoms with Gasteiger partial charge in [-0.15, -0.1) is 11.3 Å². The minimum atomic E-state index is -0.0500. The maximum atomic E-state index is 2.36. The van der Waals surface area contributed by atoms with E-state index in [0.717, 1.165) is 17.1 Å². The molecule has 0 bridgehead atoms. The van der Waals surface area contributed by atoms with Crippen molar-refractivity contribution in [3.05, 3.63) is 211 Å². The highest BCUT2D eigenvalue weighted by molar-refractivity contribution is 7.25. The van der Waals surface area contributed by atoms with E-state index < -0.39 is 0 Å². The molecule has 1 aromatic heterocycles. The largest absolute Gasteiger partial charge is 0.311 e. The molecule has 0 unspecified atom stereocenters. The van der Waals surface area contributed by atoms with Crippen LogP contribution in [0, 0.1) is 0 Å². The Morgan fingerprint density at radius 1 is 0.382 bits per heavy atom. The molecule has 55 heavy (non-hydrogen) atoms. The quantitative estimate of drug-likeness (QED) is 0.158. The molecule has 0 aliphatic heterocycles. The fourth-order valence-corrected chi connectivity index (χ4v) is 9.44. The second-order valence-electron chi connectivity index (χ2n) is 15.0. The summed E-state index contributed by atoms with van der Waals surface area (Å²) in [4.78, 5) is 2.36. The summed E-state index contributed by atoms with van der Waals surface area (Å²) in [6.07, 6.45) is 2.36. The van der Waals surface area contributed by atoms with E-state index in [9.17, 15) is 0 Å². The number of rotatable bonds is 7. The molecule has 0 amide bonds. The van der Waals surface area contributed by atoms with Crippen molar-refractivity contribution in [3.8, 4) is 33.4 Å². The zero-order valence-electron chi connectivity index (χ0n) is 30.9. The Balaban J connectivity index is 0.965. The molecule has 8 aromatic carbocycles. The summed E-state index contributed by atoms with van der Waals surface area (Å²) in [6.45, 7) is 4.67. The van der Waals surface area contributed by atoms with E-state index >= 15 is 0 Å². The predicted molar refractivity (Wildman–Crippen MR) is 238 cm³/mol. The zero-order valence-corrected chi connectivity index (χ0v) is 31.7. The highest BCUT2D eigenvalue weighted by Gasteiger charge is 2.33. The first-order chi connectivity index (χ1) is 27.0. The number of allylic oxidation sites excluding steroid dienone is 1. The minimum Gasteiger partial charge on any atom is -0.311 e. The Bertz CT molecular complexity index is 2840. The van der Waals surface area contributed by atoms with Gasteiger partial charge in [0, 0.05) is 42.6 Å². The van der Waals surface area contributed by atoms with Gasteiger partial charge in [-0.2, -0.15) is 0 Å². The molecule has 1 nitrogen and oxygen atoms in total. The molecule has 2 heteroatoms. The van der Waals surface area contributed by atoms with Crippen LogP contribution in [0.5, 0.6) is 0 Å². The normalized spacial score (nSPS) is 13.2. The maximum Gasteiger partial charge on any atom is 0.0462 e. The summed E-state index contributed by atoms with van der Waals surface area (Å²) >= 11 is 1.86. The highest BCUT2D eigenvalue weighted by Crippen LogP contribution is 2.47. The lowest BCUT2D eigenvalue weighted by Gasteiger charge is -2.28. The van der Waals surface area contributed by atoms with Crippen LogP contribution in [0.4, 0.5) is 17.1 Å². The number of anilines is 3. The molecule has 0 saturated heterocycles. The smallest absolute Gasteiger partial charge is 0.0462 e. The van der Waals surface area contributed by atoms with E-state index in [4.69, 9.17) is 0 Å². The Morgan fingerprint density at radius 2 is 0.836 bits per heavy atom. The SMILES string of the molecule is CC1(C)C(c2ccc(N(c3ccc(-c4ccccc4)cc3)c3ccc(-c4ccc(-c5ccc6sc7ccccc7c6c5)cc4)cc3)cc2)=Cc2ccccc21. The van der Waals surface area contributed by atoms with E-state index in [1.165, 1.54) is 75.8 Å². The first-order valence-corrected chi connectivity index (χ1v) is 19.8. The third-order valence-electron chi connectivity index (χ3n) is 11.3. The van der Waals surface area contributed by atoms with Crippen molar-refractivity contribution in [2.24, 2.45) is 0 Å². The molecule has 10 rings (SSSR count). The average Bonchev–Trinajstić information content (AvgIpc) is 3.75. The number of nitrogens with zero attached hydrogens (tertiary/aromatic N) is 1. The van der Waals surface area contributed by atoms with Crippen molar-refractivity contribution in [2.45, 2.75) is 19.3 Å². The fraction of sp³-hybridized carbons (Fsp3) is 0.0566. The van der Waals surface area contributed by atoms with Crippen LogP contribution < -0.4 is 4.90 Å². The van der Waals surface area contributed by atoms with Crippen LogP contribution in [-0.2, 0) is 5.41 Å². The lowest BCUT2D eigenvalue weighted by Crippen LogP contribution is -2.16. The van der Waals surface area contributed by atoms with Crippen LogP contribution in [0.1, 0.15) is 30.5 Å². The summed E-state index contributed by atoms with van der Waals surface area (Å²) in [7, 11) is 0. The van der Waals surface area contributed by atoms with Crippen molar-refractivity contribution in [1.29, 1.82) is 0 Å². The van der Waals surface area contributed by atoms with Gasteiger partial charge in [0.2, 0.25) is 0 Å². The third kappa shape index (κ3) is 5.96. The van der Waals surface area contributed by atoms with Gasteiger partial charge in [-0.3, -0.25) is 0 Å². The molecule has 0 N–H and O–H groups in total. The van der Waals surface area contributed by atoms with E-state index in [-0.39, 0.29) is 5.41 Å². The van der Waals surface area contributed by atoms with Crippen LogP contribution in [0.25, 0.3) is 65.2 Å². The molecule has 0 spiro atoms. The second-order valence-corrected chi connectivity index (χ2v) is 16.1. The molecule has 9 aromatic rings. The topological polar surface area (TPSA) is 3.24 Å². The molecule has 0 atom stereocenters. The molecule has 1 aliphatic carbocycles. The van der Waals surface area contributed by atoms with Gasteiger partial charge in [0.1, 0.15) is 0 Å². The number of fused-ring (bicyclic) bond motifs is 4. The zero-order chi connectivity index (χ0) is 36.9. The predicted octanol–water partition coefficient (Wildman–Crippen LogP) is 15.4. The molecule has 1 aliphatic rings. The van der Waals surface area contributed by atoms with Gasteiger partial charge in [-0.1, -0.05) is 153 Å². The van der Waals surface area contributed by atoms with Gasteiger partial charge >= 0.3 is 0 Å². The van der Waals surface area contributed by atoms with E-state index in [1.807, 2.05) is 11.3 Å². The molecular formula is C53H39NS. The van der Waals surface area contributed by atoms with Crippen molar-refractivity contribution in [1.82, 2.24) is 0 Å². The van der Waals surface area contributed by atoms with Crippen LogP contribution in [0.3, 0.4) is 0 Å². The van der Waals surface area contributed by atoms with Gasteiger partial charge in [-0.05, 0) is 116 Å². The summed E-state index contributed by atoms with van der Waals surface area (Å²) in [5, 5.41) is 2.66. The monoisotopic (exact) mass is 721 g/mol. The second kappa shape index (κ2) is 13.4. The van der Waals surface area contributed by atoms with Crippen LogP contribution >= 0.6 is 11.3 Å². The highest BCUT2D eigenvalue weighted by atomic mass is 32.1.